The number of alkyl halides is 3. The molecule has 1 aromatic heterocycles. The Morgan fingerprint density at radius 2 is 2.00 bits per heavy atom. The van der Waals surface area contributed by atoms with Crippen LogP contribution in [-0.4, -0.2) is 52.5 Å². The fourth-order valence-corrected chi connectivity index (χ4v) is 2.78. The number of amides is 1. The Kier molecular flexibility index (Phi) is 5.95. The zero-order valence-electron chi connectivity index (χ0n) is 13.1. The largest absolute Gasteiger partial charge is 0.479 e. The molecule has 1 aromatic rings. The van der Waals surface area contributed by atoms with E-state index in [2.05, 4.69) is 9.72 Å². The fraction of sp³-hybridized carbons (Fsp3) is 0.615. The number of rotatable bonds is 7. The number of ether oxygens (including phenoxy) is 1. The Labute approximate surface area is 139 Å². The monoisotopic (exact) mass is 370 g/mol. The smallest absolute Gasteiger partial charge is 0.424 e. The summed E-state index contributed by atoms with van der Waals surface area (Å²) in [6, 6.07) is 0. The number of aryl methyl sites for hydroxylation is 1. The van der Waals surface area contributed by atoms with Crippen LogP contribution in [0.15, 0.2) is 5.38 Å². The zero-order valence-corrected chi connectivity index (χ0v) is 13.9. The predicted octanol–water partition coefficient (Wildman–Crippen LogP) is 1.20. The van der Waals surface area contributed by atoms with Gasteiger partial charge in [-0.2, -0.15) is 13.2 Å². The summed E-state index contributed by atoms with van der Waals surface area (Å²) in [4.78, 5) is 26.8. The molecule has 1 amide bonds. The minimum Gasteiger partial charge on any atom is -0.479 e. The third kappa shape index (κ3) is 4.22. The highest BCUT2D eigenvalue weighted by molar-refractivity contribution is 7.09. The van der Waals surface area contributed by atoms with Crippen LogP contribution >= 0.6 is 11.3 Å². The van der Waals surface area contributed by atoms with Crippen LogP contribution < -0.4 is 5.32 Å². The third-order valence-corrected chi connectivity index (χ3v) is 4.29. The van der Waals surface area contributed by atoms with E-state index < -0.39 is 47.2 Å². The number of carbonyl (C=O) groups is 2. The lowest BCUT2D eigenvalue weighted by Crippen LogP contribution is -2.57. The lowest BCUT2D eigenvalue weighted by molar-refractivity contribution is -0.267. The number of methoxy groups -OCH3 is 1. The molecular weight excluding hydrogens is 353 g/mol. The number of thiazole rings is 1. The van der Waals surface area contributed by atoms with Crippen LogP contribution in [0.5, 0.6) is 0 Å². The minimum atomic E-state index is -5.17. The standard InChI is InChI=1S/C13H17F3N2O5S/c1-7-5-24-9(17-7)12(22,13(14,15)16)4-8(19)18-11(2,6-23-3)10(20)21/h5,22H,4,6H2,1-3H3,(H,18,19)(H,20,21). The van der Waals surface area contributed by atoms with Crippen LogP contribution in [-0.2, 0) is 19.9 Å². The molecule has 0 spiro atoms. The molecule has 7 nitrogen and oxygen atoms in total. The molecule has 0 bridgehead atoms. The van der Waals surface area contributed by atoms with Gasteiger partial charge in [0.2, 0.25) is 11.5 Å². The molecule has 0 aromatic carbocycles. The van der Waals surface area contributed by atoms with E-state index in [1.165, 1.54) is 19.4 Å². The molecular formula is C13H17F3N2O5S. The van der Waals surface area contributed by atoms with Crippen molar-refractivity contribution < 1.29 is 37.7 Å². The molecule has 0 saturated heterocycles. The van der Waals surface area contributed by atoms with Crippen LogP contribution in [0.1, 0.15) is 24.0 Å². The van der Waals surface area contributed by atoms with Crippen molar-refractivity contribution in [3.8, 4) is 0 Å². The van der Waals surface area contributed by atoms with E-state index in [4.69, 9.17) is 5.11 Å². The van der Waals surface area contributed by atoms with E-state index in [0.29, 0.717) is 11.3 Å². The van der Waals surface area contributed by atoms with Gasteiger partial charge in [0.15, 0.2) is 5.54 Å². The topological polar surface area (TPSA) is 109 Å². The number of nitrogens with one attached hydrogen (secondary N) is 1. The van der Waals surface area contributed by atoms with Crippen molar-refractivity contribution in [1.82, 2.24) is 10.3 Å². The average Bonchev–Trinajstić information content (AvgIpc) is 2.84. The maximum absolute atomic E-state index is 13.3. The number of nitrogens with zero attached hydrogens (tertiary/aromatic N) is 1. The number of aliphatic carboxylic acids is 1. The predicted molar refractivity (Wildman–Crippen MR) is 77.5 cm³/mol. The maximum Gasteiger partial charge on any atom is 0.424 e. The summed E-state index contributed by atoms with van der Waals surface area (Å²) in [6.07, 6.45) is -6.59. The van der Waals surface area contributed by atoms with Crippen molar-refractivity contribution in [1.29, 1.82) is 0 Å². The molecule has 1 heterocycles. The van der Waals surface area contributed by atoms with Crippen molar-refractivity contribution in [2.45, 2.75) is 37.6 Å². The summed E-state index contributed by atoms with van der Waals surface area (Å²) < 4.78 is 44.5. The normalized spacial score (nSPS) is 17.0. The highest BCUT2D eigenvalue weighted by atomic mass is 32.1. The summed E-state index contributed by atoms with van der Waals surface area (Å²) in [5, 5.41) is 21.7. The molecule has 11 heteroatoms. The third-order valence-electron chi connectivity index (χ3n) is 3.18. The molecule has 0 aliphatic carbocycles. The number of carboxylic acid groups (broad SMARTS) is 1. The van der Waals surface area contributed by atoms with Gasteiger partial charge in [0.05, 0.1) is 13.0 Å². The molecule has 1 rings (SSSR count). The van der Waals surface area contributed by atoms with Gasteiger partial charge >= 0.3 is 12.1 Å². The molecule has 0 aliphatic heterocycles. The lowest BCUT2D eigenvalue weighted by atomic mass is 9.97. The number of aliphatic hydroxyl groups is 1. The molecule has 2 atom stereocenters. The number of halogens is 3. The zero-order chi connectivity index (χ0) is 18.8. The molecule has 0 aliphatic rings. The molecule has 24 heavy (non-hydrogen) atoms. The van der Waals surface area contributed by atoms with E-state index in [1.54, 1.807) is 0 Å². The van der Waals surface area contributed by atoms with Gasteiger partial charge in [-0.25, -0.2) is 9.78 Å². The second kappa shape index (κ2) is 7.03. The van der Waals surface area contributed by atoms with Gasteiger partial charge in [0.25, 0.3) is 0 Å². The van der Waals surface area contributed by atoms with E-state index in [1.807, 2.05) is 5.32 Å². The molecule has 0 fully saturated rings. The first kappa shape index (κ1) is 20.3. The summed E-state index contributed by atoms with van der Waals surface area (Å²) in [5.74, 6) is -2.79. The first-order chi connectivity index (χ1) is 10.9. The van der Waals surface area contributed by atoms with E-state index in [-0.39, 0.29) is 5.69 Å². The van der Waals surface area contributed by atoms with Gasteiger partial charge in [-0.3, -0.25) is 4.79 Å². The lowest BCUT2D eigenvalue weighted by Gasteiger charge is -2.30. The second-order valence-corrected chi connectivity index (χ2v) is 6.31. The van der Waals surface area contributed by atoms with Crippen molar-refractivity contribution in [2.24, 2.45) is 0 Å². The van der Waals surface area contributed by atoms with Crippen LogP contribution in [0.2, 0.25) is 0 Å². The van der Waals surface area contributed by atoms with Gasteiger partial charge in [0, 0.05) is 18.2 Å². The maximum atomic E-state index is 13.3. The summed E-state index contributed by atoms with van der Waals surface area (Å²) in [7, 11) is 1.18. The van der Waals surface area contributed by atoms with Crippen molar-refractivity contribution in [3.05, 3.63) is 16.1 Å². The molecule has 3 N–H and O–H groups in total. The highest BCUT2D eigenvalue weighted by Gasteiger charge is 2.58. The average molecular weight is 370 g/mol. The first-order valence-electron chi connectivity index (χ1n) is 6.61. The Bertz CT molecular complexity index is 621. The minimum absolute atomic E-state index is 0.257. The fourth-order valence-electron chi connectivity index (χ4n) is 1.87. The Balaban J connectivity index is 3.08. The molecule has 0 saturated carbocycles. The van der Waals surface area contributed by atoms with Crippen LogP contribution in [0.4, 0.5) is 13.2 Å². The molecule has 2 unspecified atom stereocenters. The highest BCUT2D eigenvalue weighted by Crippen LogP contribution is 2.42. The Morgan fingerprint density at radius 1 is 1.42 bits per heavy atom. The van der Waals surface area contributed by atoms with Crippen molar-refractivity contribution in [3.63, 3.8) is 0 Å². The van der Waals surface area contributed by atoms with Gasteiger partial charge in [-0.1, -0.05) is 0 Å². The van der Waals surface area contributed by atoms with Gasteiger partial charge in [0.1, 0.15) is 5.01 Å². The summed E-state index contributed by atoms with van der Waals surface area (Å²) >= 11 is 0.558. The quantitative estimate of drug-likeness (QED) is 0.665. The van der Waals surface area contributed by atoms with Gasteiger partial charge < -0.3 is 20.3 Å². The number of aromatic nitrogens is 1. The van der Waals surface area contributed by atoms with Crippen LogP contribution in [0.3, 0.4) is 0 Å². The van der Waals surface area contributed by atoms with E-state index >= 15 is 0 Å². The summed E-state index contributed by atoms with van der Waals surface area (Å²) in [6.45, 7) is 2.06. The van der Waals surface area contributed by atoms with Crippen LogP contribution in [0, 0.1) is 6.92 Å². The first-order valence-corrected chi connectivity index (χ1v) is 7.49. The second-order valence-electron chi connectivity index (χ2n) is 5.45. The molecule has 136 valence electrons. The van der Waals surface area contributed by atoms with Crippen LogP contribution in [0.25, 0.3) is 0 Å². The van der Waals surface area contributed by atoms with Crippen molar-refractivity contribution >= 4 is 23.2 Å². The van der Waals surface area contributed by atoms with E-state index in [9.17, 15) is 27.9 Å². The van der Waals surface area contributed by atoms with Gasteiger partial charge in [-0.05, 0) is 13.8 Å². The summed E-state index contributed by atoms with van der Waals surface area (Å²) in [5.41, 5.74) is -5.19. The van der Waals surface area contributed by atoms with Crippen molar-refractivity contribution in [2.75, 3.05) is 13.7 Å². The Morgan fingerprint density at radius 3 is 2.38 bits per heavy atom. The molecule has 0 radical (unpaired) electrons. The SMILES string of the molecule is COCC(C)(NC(=O)CC(O)(c1nc(C)cs1)C(F)(F)F)C(=O)O. The number of hydrogen-bond acceptors (Lipinski definition) is 6. The van der Waals surface area contributed by atoms with E-state index in [0.717, 1.165) is 6.92 Å². The number of hydrogen-bond donors (Lipinski definition) is 3. The number of carbonyl (C=O) groups excluding carboxylic acids is 1. The Hall–Kier alpha value is -1.72. The number of carboxylic acids is 1. The van der Waals surface area contributed by atoms with Gasteiger partial charge in [-0.15, -0.1) is 11.3 Å².